The van der Waals surface area contributed by atoms with Crippen molar-refractivity contribution < 1.29 is 4.79 Å². The Labute approximate surface area is 122 Å². The summed E-state index contributed by atoms with van der Waals surface area (Å²) in [7, 11) is 1.84. The average molecular weight is 309 g/mol. The second-order valence-electron chi connectivity index (χ2n) is 3.97. The fraction of sp³-hybridized carbons (Fsp3) is 0.700. The van der Waals surface area contributed by atoms with Crippen LogP contribution in [-0.2, 0) is 4.79 Å². The van der Waals surface area contributed by atoms with Crippen LogP contribution in [-0.4, -0.2) is 44.6 Å². The Morgan fingerprint density at radius 1 is 1.35 bits per heavy atom. The minimum absolute atomic E-state index is 0.0117. The summed E-state index contributed by atoms with van der Waals surface area (Å²) in [5.41, 5.74) is 0. The monoisotopic (exact) mass is 308 g/mol. The highest BCUT2D eigenvalue weighted by Crippen LogP contribution is 2.49. The topological polar surface area (TPSA) is 23.6 Å². The van der Waals surface area contributed by atoms with Crippen LogP contribution in [0.4, 0.5) is 0 Å². The van der Waals surface area contributed by atoms with Crippen LogP contribution in [0.3, 0.4) is 0 Å². The zero-order valence-electron chi connectivity index (χ0n) is 9.95. The lowest BCUT2D eigenvalue weighted by Crippen LogP contribution is -2.30. The van der Waals surface area contributed by atoms with E-state index >= 15 is 0 Å². The van der Waals surface area contributed by atoms with Gasteiger partial charge in [-0.3, -0.25) is 9.69 Å². The van der Waals surface area contributed by atoms with Crippen molar-refractivity contribution in [1.29, 1.82) is 0 Å². The smallest absolute Gasteiger partial charge is 0.240 e. The molecule has 0 N–H and O–H groups in total. The van der Waals surface area contributed by atoms with Crippen molar-refractivity contribution >= 4 is 54.7 Å². The molecule has 2 rings (SSSR count). The second-order valence-corrected chi connectivity index (χ2v) is 7.75. The molecule has 0 aromatic heterocycles. The van der Waals surface area contributed by atoms with Crippen LogP contribution >= 0.6 is 48.8 Å². The number of hydrogen-bond acceptors (Lipinski definition) is 6. The normalized spacial score (nSPS) is 39.5. The fourth-order valence-electron chi connectivity index (χ4n) is 1.90. The van der Waals surface area contributed by atoms with E-state index in [4.69, 9.17) is 0 Å². The molecule has 0 spiro atoms. The van der Waals surface area contributed by atoms with Crippen LogP contribution in [0.5, 0.6) is 0 Å². The van der Waals surface area contributed by atoms with Crippen molar-refractivity contribution in [2.24, 2.45) is 0 Å². The molecule has 2 fully saturated rings. The number of rotatable bonds is 1. The van der Waals surface area contributed by atoms with Gasteiger partial charge in [0.2, 0.25) is 5.91 Å². The van der Waals surface area contributed by atoms with Gasteiger partial charge < -0.3 is 4.90 Å². The lowest BCUT2D eigenvalue weighted by molar-refractivity contribution is -0.126. The molecule has 2 aliphatic heterocycles. The molecule has 2 heterocycles. The minimum atomic E-state index is 0.0117. The van der Waals surface area contributed by atoms with E-state index in [1.54, 1.807) is 28.4 Å². The number of thioether (sulfide) groups is 2. The summed E-state index contributed by atoms with van der Waals surface area (Å²) in [6.45, 7) is 4.95. The zero-order valence-corrected chi connectivity index (χ0v) is 13.4. The first-order chi connectivity index (χ1) is 7.97. The molecule has 0 radical (unpaired) electrons. The van der Waals surface area contributed by atoms with Gasteiger partial charge in [0, 0.05) is 12.0 Å². The number of likely N-dealkylation sites (N-methyl/N-ethyl adjacent to an activating group) is 1. The number of amides is 1. The molecule has 7 heteroatoms. The van der Waals surface area contributed by atoms with Gasteiger partial charge in [0.25, 0.3) is 0 Å². The fourth-order valence-corrected chi connectivity index (χ4v) is 5.90. The van der Waals surface area contributed by atoms with Gasteiger partial charge in [-0.2, -0.15) is 12.6 Å². The van der Waals surface area contributed by atoms with E-state index in [1.165, 1.54) is 0 Å². The van der Waals surface area contributed by atoms with E-state index in [0.717, 1.165) is 16.5 Å². The Morgan fingerprint density at radius 3 is 2.41 bits per heavy atom. The summed E-state index contributed by atoms with van der Waals surface area (Å²) < 4.78 is 0.130. The van der Waals surface area contributed by atoms with E-state index < -0.39 is 0 Å². The lowest BCUT2D eigenvalue weighted by atomic mass is 10.4. The Balaban J connectivity index is 2.31. The van der Waals surface area contributed by atoms with Crippen molar-refractivity contribution in [3.8, 4) is 0 Å². The van der Waals surface area contributed by atoms with Crippen LogP contribution in [0.1, 0.15) is 13.8 Å². The average Bonchev–Trinajstić information content (AvgIpc) is 2.71. The highest BCUT2D eigenvalue weighted by Gasteiger charge is 2.40. The van der Waals surface area contributed by atoms with Gasteiger partial charge in [-0.15, -0.1) is 12.6 Å². The van der Waals surface area contributed by atoms with E-state index in [0.29, 0.717) is 0 Å². The minimum Gasteiger partial charge on any atom is -0.308 e. The summed E-state index contributed by atoms with van der Waals surface area (Å²) >= 11 is 12.5. The molecule has 0 bridgehead atoms. The standard InChI is InChI=1S/C10H16N2OS4/c1-4-12-8(14)6(17-10(12)15)9-11(3)7(13)5(2)16-9/h5,8,10,14-15H,4H2,1-3H3/b9-6+. The highest BCUT2D eigenvalue weighted by atomic mass is 32.2. The third kappa shape index (κ3) is 2.36. The molecule has 0 aliphatic carbocycles. The van der Waals surface area contributed by atoms with Gasteiger partial charge in [-0.1, -0.05) is 30.4 Å². The van der Waals surface area contributed by atoms with Crippen LogP contribution in [0.15, 0.2) is 9.93 Å². The van der Waals surface area contributed by atoms with Gasteiger partial charge in [0.05, 0.1) is 15.7 Å². The molecule has 0 aromatic carbocycles. The quantitative estimate of drug-likeness (QED) is 0.726. The Morgan fingerprint density at radius 2 is 2.00 bits per heavy atom. The van der Waals surface area contributed by atoms with E-state index in [-0.39, 0.29) is 21.2 Å². The molecule has 2 aliphatic rings. The largest absolute Gasteiger partial charge is 0.308 e. The molecule has 0 aromatic rings. The van der Waals surface area contributed by atoms with E-state index in [9.17, 15) is 4.79 Å². The maximum Gasteiger partial charge on any atom is 0.240 e. The van der Waals surface area contributed by atoms with Crippen molar-refractivity contribution in [2.45, 2.75) is 29.2 Å². The Kier molecular flexibility index (Phi) is 4.35. The molecule has 3 atom stereocenters. The zero-order chi connectivity index (χ0) is 12.7. The first-order valence-electron chi connectivity index (χ1n) is 5.44. The number of hydrogen-bond donors (Lipinski definition) is 2. The van der Waals surface area contributed by atoms with E-state index in [2.05, 4.69) is 37.1 Å². The summed E-state index contributed by atoms with van der Waals surface area (Å²) in [5.74, 6) is 0.171. The number of nitrogens with zero attached hydrogens (tertiary/aromatic N) is 2. The maximum absolute atomic E-state index is 11.8. The molecular weight excluding hydrogens is 292 g/mol. The van der Waals surface area contributed by atoms with Gasteiger partial charge in [-0.05, 0) is 13.5 Å². The van der Waals surface area contributed by atoms with Crippen LogP contribution < -0.4 is 0 Å². The van der Waals surface area contributed by atoms with Crippen LogP contribution in [0.25, 0.3) is 0 Å². The summed E-state index contributed by atoms with van der Waals surface area (Å²) in [5, 5.41) is 1.11. The molecular formula is C10H16N2OS4. The second kappa shape index (κ2) is 5.28. The maximum atomic E-state index is 11.8. The van der Waals surface area contributed by atoms with Gasteiger partial charge in [0.1, 0.15) is 4.71 Å². The predicted octanol–water partition coefficient (Wildman–Crippen LogP) is 2.29. The molecule has 2 saturated heterocycles. The Bertz CT molecular complexity index is 373. The van der Waals surface area contributed by atoms with Crippen LogP contribution in [0, 0.1) is 0 Å². The van der Waals surface area contributed by atoms with E-state index in [1.807, 2.05) is 14.0 Å². The number of thiol groups is 2. The molecule has 17 heavy (non-hydrogen) atoms. The van der Waals surface area contributed by atoms with Crippen molar-refractivity contribution in [3.05, 3.63) is 9.93 Å². The van der Waals surface area contributed by atoms with Gasteiger partial charge >= 0.3 is 0 Å². The summed E-state index contributed by atoms with van der Waals surface area (Å²) in [6, 6.07) is 0. The molecule has 3 nitrogen and oxygen atoms in total. The number of carbonyl (C=O) groups excluding carboxylic acids is 1. The highest BCUT2D eigenvalue weighted by molar-refractivity contribution is 8.14. The molecule has 0 saturated carbocycles. The van der Waals surface area contributed by atoms with Gasteiger partial charge in [0.15, 0.2) is 0 Å². The third-order valence-corrected chi connectivity index (χ3v) is 6.81. The lowest BCUT2D eigenvalue weighted by Gasteiger charge is -2.21. The first kappa shape index (κ1) is 14.0. The molecule has 96 valence electrons. The molecule has 3 unspecified atom stereocenters. The van der Waals surface area contributed by atoms with Gasteiger partial charge in [-0.25, -0.2) is 0 Å². The SMILES string of the molecule is CCN1C(S)S/C(=C2/SC(C)C(=O)N2C)C1S. The van der Waals surface area contributed by atoms with Crippen molar-refractivity contribution in [3.63, 3.8) is 0 Å². The molecule has 1 amide bonds. The van der Waals surface area contributed by atoms with Crippen molar-refractivity contribution in [2.75, 3.05) is 13.6 Å². The first-order valence-corrected chi connectivity index (χ1v) is 8.23. The third-order valence-electron chi connectivity index (χ3n) is 2.91. The predicted molar refractivity (Wildman–Crippen MR) is 82.4 cm³/mol. The number of carbonyl (C=O) groups is 1. The summed E-state index contributed by atoms with van der Waals surface area (Å²) in [6.07, 6.45) is 0. The summed E-state index contributed by atoms with van der Waals surface area (Å²) in [4.78, 5) is 16.9. The van der Waals surface area contributed by atoms with Crippen LogP contribution in [0.2, 0.25) is 0 Å². The Hall–Kier alpha value is 0.570. The van der Waals surface area contributed by atoms with Crippen molar-refractivity contribution in [1.82, 2.24) is 9.80 Å².